The van der Waals surface area contributed by atoms with E-state index in [2.05, 4.69) is 101 Å². The smallest absolute Gasteiger partial charge is 0.421 e. The third kappa shape index (κ3) is 18.4. The van der Waals surface area contributed by atoms with Crippen LogP contribution >= 0.6 is 0 Å². The summed E-state index contributed by atoms with van der Waals surface area (Å²) >= 11 is 0. The molecule has 0 radical (unpaired) electrons. The van der Waals surface area contributed by atoms with Crippen LogP contribution in [0.25, 0.3) is 0 Å². The van der Waals surface area contributed by atoms with Crippen LogP contribution in [0.4, 0.5) is 34.6 Å². The van der Waals surface area contributed by atoms with Crippen molar-refractivity contribution < 1.29 is 77.2 Å². The zero-order valence-corrected chi connectivity index (χ0v) is 41.3. The summed E-state index contributed by atoms with van der Waals surface area (Å²) in [5, 5.41) is 17.7. The average molecular weight is 978 g/mol. The molecule has 2 aromatic heterocycles. The first-order chi connectivity index (χ1) is 29.2. The number of likely N-dealkylation sites (N-methyl/N-ethyl adjacent to an activating group) is 2. The highest BCUT2D eigenvalue weighted by Crippen LogP contribution is 2.26. The standard InChI is InChI=1S/C38H58N12.2CH4O4S.2ClH/c1-43-19-20-44(2)37(43)41-39-33-11-15-35(16-12-33)47-23-29-49(5,30-24-47)27-9-7-8-10-28-50(6)31-25-48(26-32-50)36-17-13-34(14-18-36)40-42-38-45(3)21-22-46(38)4;2*1-5-6(2,3)4;;/h11-22H,7-10,23-32H2,1-6H3;2*1H3,(H,2,3,4);2*1H/q+4;;;;/p-2. The Morgan fingerprint density at radius 3 is 1.12 bits per heavy atom. The molecule has 24 heteroatoms. The number of imidazole rings is 2. The highest BCUT2D eigenvalue weighted by atomic mass is 35.5. The lowest BCUT2D eigenvalue weighted by Crippen LogP contribution is -3.00. The van der Waals surface area contributed by atoms with Gasteiger partial charge in [-0.2, -0.15) is 16.8 Å². The summed E-state index contributed by atoms with van der Waals surface area (Å²) in [5.41, 5.74) is 4.33. The van der Waals surface area contributed by atoms with E-state index in [1.807, 2.05) is 71.2 Å². The summed E-state index contributed by atoms with van der Waals surface area (Å²) in [7, 11) is 6.26. The summed E-state index contributed by atoms with van der Waals surface area (Å²) in [5.74, 6) is 1.65. The number of rotatable bonds is 15. The molecule has 2 fully saturated rings. The number of hydrogen-bond acceptors (Lipinski definition) is 12. The summed E-state index contributed by atoms with van der Waals surface area (Å²) < 4.78 is 69.7. The molecule has 0 bridgehead atoms. The Balaban J connectivity index is 0.000000889. The lowest BCUT2D eigenvalue weighted by Gasteiger charge is -2.43. The first-order valence-electron chi connectivity index (χ1n) is 20.5. The highest BCUT2D eigenvalue weighted by Gasteiger charge is 2.30. The first kappa shape index (κ1) is 56.0. The molecule has 4 heterocycles. The number of halogens is 2. The number of aryl methyl sites for hydroxylation is 4. The number of quaternary nitrogens is 2. The third-order valence-corrected chi connectivity index (χ3v) is 12.3. The van der Waals surface area contributed by atoms with Gasteiger partial charge in [-0.1, -0.05) is 10.2 Å². The highest BCUT2D eigenvalue weighted by molar-refractivity contribution is 7.81. The Hall–Kier alpha value is -4.10. The van der Waals surface area contributed by atoms with Gasteiger partial charge in [0.2, 0.25) is 0 Å². The molecule has 0 atom stereocenters. The maximum Gasteiger partial charge on any atom is 0.421 e. The number of nitrogens with zero attached hydrogens (tertiary/aromatic N) is 12. The molecule has 0 unspecified atom stereocenters. The summed E-state index contributed by atoms with van der Waals surface area (Å²) in [4.78, 5) is 5.05. The van der Waals surface area contributed by atoms with E-state index in [1.54, 1.807) is 0 Å². The predicted octanol–water partition coefficient (Wildman–Crippen LogP) is -1.48. The molecule has 2 aromatic carbocycles. The van der Waals surface area contributed by atoms with Crippen LogP contribution in [-0.2, 0) is 57.4 Å². The number of anilines is 2. The van der Waals surface area contributed by atoms with Gasteiger partial charge in [0.25, 0.3) is 0 Å². The molecule has 6 rings (SSSR count). The Morgan fingerprint density at radius 1 is 0.578 bits per heavy atom. The van der Waals surface area contributed by atoms with Crippen molar-refractivity contribution in [2.45, 2.75) is 25.7 Å². The van der Waals surface area contributed by atoms with Crippen LogP contribution in [0.1, 0.15) is 25.7 Å². The number of unbranched alkanes of at least 4 members (excludes halogenated alkanes) is 3. The van der Waals surface area contributed by atoms with Crippen molar-refractivity contribution in [3.63, 3.8) is 0 Å². The van der Waals surface area contributed by atoms with Gasteiger partial charge >= 0.3 is 32.7 Å². The van der Waals surface area contributed by atoms with Gasteiger partial charge in [0.1, 0.15) is 11.4 Å². The summed E-state index contributed by atoms with van der Waals surface area (Å²) in [6.07, 6.45) is 13.3. The molecule has 0 amide bonds. The minimum absolute atomic E-state index is 0. The van der Waals surface area contributed by atoms with Crippen LogP contribution in [0.2, 0.25) is 0 Å². The van der Waals surface area contributed by atoms with Crippen LogP contribution in [0.15, 0.2) is 93.8 Å². The molecule has 358 valence electrons. The van der Waals surface area contributed by atoms with Crippen molar-refractivity contribution in [2.75, 3.05) is 104 Å². The van der Waals surface area contributed by atoms with Gasteiger partial charge in [-0.15, -0.1) is 0 Å². The molecule has 64 heavy (non-hydrogen) atoms. The Morgan fingerprint density at radius 2 is 0.875 bits per heavy atom. The van der Waals surface area contributed by atoms with Gasteiger partial charge in [-0.05, 0) is 74.2 Å². The molecular formula is C40H66Cl2N12O8S2+2. The topological polar surface area (TPSA) is 201 Å². The van der Waals surface area contributed by atoms with Crippen LogP contribution in [-0.4, -0.2) is 138 Å². The van der Waals surface area contributed by atoms with Crippen LogP contribution < -0.4 is 43.7 Å². The molecule has 0 saturated carbocycles. The van der Waals surface area contributed by atoms with E-state index in [4.69, 9.17) is 9.11 Å². The first-order valence-corrected chi connectivity index (χ1v) is 23.2. The lowest BCUT2D eigenvalue weighted by atomic mass is 10.1. The molecule has 20 nitrogen and oxygen atoms in total. The molecule has 0 spiro atoms. The number of hydrogen-bond donors (Lipinski definition) is 2. The van der Waals surface area contributed by atoms with E-state index in [-0.39, 0.29) is 24.8 Å². The van der Waals surface area contributed by atoms with Gasteiger partial charge in [0.05, 0.1) is 147 Å². The van der Waals surface area contributed by atoms with Crippen LogP contribution in [0.5, 0.6) is 0 Å². The van der Waals surface area contributed by atoms with Crippen molar-refractivity contribution in [1.82, 2.24) is 9.13 Å². The summed E-state index contributed by atoms with van der Waals surface area (Å²) in [6, 6.07) is 17.1. The second kappa shape index (κ2) is 25.6. The van der Waals surface area contributed by atoms with Crippen molar-refractivity contribution in [3.8, 4) is 0 Å². The van der Waals surface area contributed by atoms with E-state index in [1.165, 1.54) is 85.3 Å². The van der Waals surface area contributed by atoms with Crippen molar-refractivity contribution in [3.05, 3.63) is 73.3 Å². The number of benzene rings is 2. The zero-order chi connectivity index (χ0) is 45.6. The quantitative estimate of drug-likeness (QED) is 0.0466. The van der Waals surface area contributed by atoms with Crippen LogP contribution in [0.3, 0.4) is 0 Å². The normalized spacial score (nSPS) is 16.0. The SMILES string of the molecule is COS(=O)(=O)O.COS(=O)(=O)O.Cn1cc[n+](C)c1N=Nc1ccc(N2CC[N+](C)(CCCCCC[N+]3(C)CCN(c4ccc(N=Nc5n(C)cc[n+]5C)cc4)CC3)CC2)cc1.[Cl-].[Cl-]. The number of piperazine rings is 2. The van der Waals surface area contributed by atoms with Gasteiger partial charge in [-0.25, -0.2) is 18.3 Å². The molecule has 2 saturated heterocycles. The second-order valence-corrected chi connectivity index (χ2v) is 18.6. The molecule has 0 aliphatic carbocycles. The fraction of sp³-hybridized carbons (Fsp3) is 0.550. The van der Waals surface area contributed by atoms with Crippen LogP contribution in [0, 0.1) is 0 Å². The largest absolute Gasteiger partial charge is 1.00 e. The molecule has 2 aliphatic rings. The number of aromatic nitrogens is 4. The molecule has 4 aromatic rings. The van der Waals surface area contributed by atoms with E-state index in [0.29, 0.717) is 0 Å². The van der Waals surface area contributed by atoms with E-state index in [0.717, 1.165) is 63.7 Å². The lowest BCUT2D eigenvalue weighted by molar-refractivity contribution is -0.910. The van der Waals surface area contributed by atoms with E-state index in [9.17, 15) is 16.8 Å². The fourth-order valence-corrected chi connectivity index (χ4v) is 7.31. The maximum atomic E-state index is 9.33. The zero-order valence-electron chi connectivity index (χ0n) is 38.1. The number of azo groups is 2. The Kier molecular flexibility index (Phi) is 22.4. The maximum absolute atomic E-state index is 9.33. The fourth-order valence-electron chi connectivity index (χ4n) is 7.31. The van der Waals surface area contributed by atoms with E-state index >= 15 is 0 Å². The van der Waals surface area contributed by atoms with Gasteiger partial charge < -0.3 is 43.6 Å². The van der Waals surface area contributed by atoms with Gasteiger partial charge in [0, 0.05) is 21.6 Å². The Labute approximate surface area is 391 Å². The van der Waals surface area contributed by atoms with E-state index < -0.39 is 20.8 Å². The van der Waals surface area contributed by atoms with Gasteiger partial charge in [0.15, 0.2) is 0 Å². The second-order valence-electron chi connectivity index (χ2n) is 16.2. The average Bonchev–Trinajstić information content (AvgIpc) is 3.75. The molecular weight excluding hydrogens is 912 g/mol. The Bertz CT molecular complexity index is 2090. The monoisotopic (exact) mass is 976 g/mol. The minimum atomic E-state index is -4.16. The predicted molar refractivity (Wildman–Crippen MR) is 236 cm³/mol. The van der Waals surface area contributed by atoms with Crippen molar-refractivity contribution in [1.29, 1.82) is 0 Å². The third-order valence-electron chi connectivity index (χ3n) is 11.4. The van der Waals surface area contributed by atoms with Crippen molar-refractivity contribution in [2.24, 2.45) is 48.6 Å². The summed E-state index contributed by atoms with van der Waals surface area (Å²) in [6.45, 7) is 11.8. The minimum Gasteiger partial charge on any atom is -1.00 e. The molecule has 2 aliphatic heterocycles. The van der Waals surface area contributed by atoms with Gasteiger partial charge in [-0.3, -0.25) is 17.5 Å². The molecule has 2 N–H and O–H groups in total. The van der Waals surface area contributed by atoms with Crippen molar-refractivity contribution >= 4 is 55.4 Å².